The Morgan fingerprint density at radius 2 is 2.08 bits per heavy atom. The van der Waals surface area contributed by atoms with Crippen LogP contribution in [0.3, 0.4) is 0 Å². The van der Waals surface area contributed by atoms with Gasteiger partial charge < -0.3 is 9.15 Å². The number of hydrogen-bond donors (Lipinski definition) is 1. The summed E-state index contributed by atoms with van der Waals surface area (Å²) in [6, 6.07) is 4.16. The molecule has 0 spiro atoms. The smallest absolute Gasteiger partial charge is 0.417 e. The Hall–Kier alpha value is -2.79. The third kappa shape index (κ3) is 3.06. The van der Waals surface area contributed by atoms with Crippen LogP contribution in [0.2, 0.25) is 0 Å². The molecular formula is C15H13FN4O5S. The van der Waals surface area contributed by atoms with Crippen LogP contribution in [0.1, 0.15) is 6.42 Å². The summed E-state index contributed by atoms with van der Waals surface area (Å²) in [5, 5.41) is 0. The minimum Gasteiger partial charge on any atom is -0.459 e. The third-order valence-electron chi connectivity index (χ3n) is 4.00. The number of ether oxygens (including phenoxy) is 1. The van der Waals surface area contributed by atoms with E-state index in [1.807, 2.05) is 0 Å². The molecule has 1 saturated heterocycles. The summed E-state index contributed by atoms with van der Waals surface area (Å²) < 4.78 is 50.1. The average Bonchev–Trinajstić information content (AvgIpc) is 3.22. The van der Waals surface area contributed by atoms with Crippen LogP contribution in [-0.4, -0.2) is 46.9 Å². The van der Waals surface area contributed by atoms with Gasteiger partial charge in [0.15, 0.2) is 11.4 Å². The Kier molecular flexibility index (Phi) is 3.96. The number of hydrogen-bond acceptors (Lipinski definition) is 7. The Bertz CT molecular complexity index is 1110. The van der Waals surface area contributed by atoms with Gasteiger partial charge in [-0.2, -0.15) is 4.31 Å². The zero-order chi connectivity index (χ0) is 18.3. The molecule has 3 aromatic rings. The van der Waals surface area contributed by atoms with Crippen LogP contribution in [0.25, 0.3) is 11.1 Å². The monoisotopic (exact) mass is 380 g/mol. The van der Waals surface area contributed by atoms with Crippen molar-refractivity contribution in [2.45, 2.75) is 17.4 Å². The van der Waals surface area contributed by atoms with Gasteiger partial charge in [-0.05, 0) is 24.6 Å². The Morgan fingerprint density at radius 3 is 2.85 bits per heavy atom. The van der Waals surface area contributed by atoms with Gasteiger partial charge in [0.1, 0.15) is 6.10 Å². The molecule has 0 radical (unpaired) electrons. The zero-order valence-corrected chi connectivity index (χ0v) is 14.1. The van der Waals surface area contributed by atoms with Crippen molar-refractivity contribution >= 4 is 21.1 Å². The SMILES string of the molecule is O=c1[nH]c2cc(S(=O)(=O)N3CCC(Oc4ncc(F)cn4)C3)ccc2o1. The number of oxazole rings is 1. The highest BCUT2D eigenvalue weighted by atomic mass is 32.2. The molecule has 2 aromatic heterocycles. The lowest BCUT2D eigenvalue weighted by molar-refractivity contribution is 0.197. The molecule has 136 valence electrons. The van der Waals surface area contributed by atoms with E-state index in [9.17, 15) is 17.6 Å². The number of sulfonamides is 1. The molecule has 1 aliphatic rings. The van der Waals surface area contributed by atoms with Crippen molar-refractivity contribution in [2.75, 3.05) is 13.1 Å². The molecule has 1 N–H and O–H groups in total. The summed E-state index contributed by atoms with van der Waals surface area (Å²) >= 11 is 0. The van der Waals surface area contributed by atoms with E-state index in [2.05, 4.69) is 15.0 Å². The highest BCUT2D eigenvalue weighted by Gasteiger charge is 2.34. The Labute approximate surface area is 146 Å². The lowest BCUT2D eigenvalue weighted by Gasteiger charge is -2.16. The van der Waals surface area contributed by atoms with Gasteiger partial charge in [0.2, 0.25) is 10.0 Å². The number of aromatic amines is 1. The van der Waals surface area contributed by atoms with E-state index in [1.54, 1.807) is 0 Å². The number of rotatable bonds is 4. The minimum absolute atomic E-state index is 0.00644. The fourth-order valence-electron chi connectivity index (χ4n) is 2.76. The van der Waals surface area contributed by atoms with E-state index in [0.29, 0.717) is 11.9 Å². The van der Waals surface area contributed by atoms with E-state index in [-0.39, 0.29) is 29.6 Å². The molecule has 0 saturated carbocycles. The fourth-order valence-corrected chi connectivity index (χ4v) is 4.28. The summed E-state index contributed by atoms with van der Waals surface area (Å²) in [5.74, 6) is -1.23. The maximum atomic E-state index is 12.8. The first-order valence-corrected chi connectivity index (χ1v) is 9.13. The van der Waals surface area contributed by atoms with Crippen molar-refractivity contribution < 1.29 is 22.0 Å². The van der Waals surface area contributed by atoms with Crippen molar-refractivity contribution in [3.63, 3.8) is 0 Å². The predicted octanol–water partition coefficient (Wildman–Crippen LogP) is 0.892. The number of halogens is 1. The second-order valence-electron chi connectivity index (χ2n) is 5.75. The molecule has 1 atom stereocenters. The number of nitrogens with one attached hydrogen (secondary N) is 1. The summed E-state index contributed by atoms with van der Waals surface area (Å²) in [7, 11) is -3.76. The number of aromatic nitrogens is 3. The molecule has 1 aromatic carbocycles. The number of benzene rings is 1. The van der Waals surface area contributed by atoms with Crippen LogP contribution in [0.5, 0.6) is 6.01 Å². The molecular weight excluding hydrogens is 367 g/mol. The summed E-state index contributed by atoms with van der Waals surface area (Å²) in [6.45, 7) is 0.372. The zero-order valence-electron chi connectivity index (χ0n) is 13.3. The number of H-pyrrole nitrogens is 1. The van der Waals surface area contributed by atoms with Crippen molar-refractivity contribution in [3.05, 3.63) is 47.0 Å². The summed E-state index contributed by atoms with van der Waals surface area (Å²) in [4.78, 5) is 21.1. The maximum absolute atomic E-state index is 12.8. The lowest BCUT2D eigenvalue weighted by atomic mass is 10.3. The van der Waals surface area contributed by atoms with E-state index >= 15 is 0 Å². The lowest BCUT2D eigenvalue weighted by Crippen LogP contribution is -2.31. The van der Waals surface area contributed by atoms with E-state index in [4.69, 9.17) is 9.15 Å². The average molecular weight is 380 g/mol. The number of nitrogens with zero attached hydrogens (tertiary/aromatic N) is 3. The molecule has 0 amide bonds. The summed E-state index contributed by atoms with van der Waals surface area (Å²) in [6.07, 6.45) is 1.97. The van der Waals surface area contributed by atoms with E-state index in [1.165, 1.54) is 22.5 Å². The molecule has 0 bridgehead atoms. The van der Waals surface area contributed by atoms with Crippen LogP contribution in [0, 0.1) is 5.82 Å². The van der Waals surface area contributed by atoms with Gasteiger partial charge in [0.25, 0.3) is 0 Å². The maximum Gasteiger partial charge on any atom is 0.417 e. The van der Waals surface area contributed by atoms with Gasteiger partial charge in [-0.25, -0.2) is 27.6 Å². The molecule has 26 heavy (non-hydrogen) atoms. The van der Waals surface area contributed by atoms with Gasteiger partial charge in [0.05, 0.1) is 29.4 Å². The van der Waals surface area contributed by atoms with Crippen LogP contribution < -0.4 is 10.5 Å². The standard InChI is InChI=1S/C15H13FN4O5S/c16-9-6-17-14(18-7-9)24-10-3-4-20(8-10)26(22,23)11-1-2-13-12(5-11)19-15(21)25-13/h1-2,5-7,10H,3-4,8H2,(H,19,21). The first-order valence-electron chi connectivity index (χ1n) is 7.69. The van der Waals surface area contributed by atoms with Crippen LogP contribution in [-0.2, 0) is 10.0 Å². The van der Waals surface area contributed by atoms with Gasteiger partial charge >= 0.3 is 11.8 Å². The van der Waals surface area contributed by atoms with Crippen molar-refractivity contribution in [1.82, 2.24) is 19.3 Å². The summed E-state index contributed by atoms with van der Waals surface area (Å²) in [5.41, 5.74) is 0.591. The van der Waals surface area contributed by atoms with Gasteiger partial charge in [0, 0.05) is 6.54 Å². The van der Waals surface area contributed by atoms with Crippen molar-refractivity contribution in [3.8, 4) is 6.01 Å². The molecule has 9 nitrogen and oxygen atoms in total. The molecule has 1 unspecified atom stereocenters. The second kappa shape index (κ2) is 6.18. The first kappa shape index (κ1) is 16.7. The van der Waals surface area contributed by atoms with Crippen LogP contribution >= 0.6 is 0 Å². The van der Waals surface area contributed by atoms with Gasteiger partial charge in [-0.15, -0.1) is 0 Å². The molecule has 11 heteroatoms. The topological polar surface area (TPSA) is 118 Å². The van der Waals surface area contributed by atoms with Gasteiger partial charge in [-0.1, -0.05) is 0 Å². The van der Waals surface area contributed by atoms with Crippen LogP contribution in [0.15, 0.2) is 44.7 Å². The third-order valence-corrected chi connectivity index (χ3v) is 5.87. The fraction of sp³-hybridized carbons (Fsp3) is 0.267. The normalized spacial score (nSPS) is 18.4. The highest BCUT2D eigenvalue weighted by Crippen LogP contribution is 2.25. The highest BCUT2D eigenvalue weighted by molar-refractivity contribution is 7.89. The van der Waals surface area contributed by atoms with Crippen molar-refractivity contribution in [1.29, 1.82) is 0 Å². The minimum atomic E-state index is -3.76. The number of fused-ring (bicyclic) bond motifs is 1. The second-order valence-corrected chi connectivity index (χ2v) is 7.69. The largest absolute Gasteiger partial charge is 0.459 e. The molecule has 3 heterocycles. The van der Waals surface area contributed by atoms with E-state index in [0.717, 1.165) is 12.4 Å². The molecule has 0 aliphatic carbocycles. The van der Waals surface area contributed by atoms with Gasteiger partial charge in [-0.3, -0.25) is 4.98 Å². The molecule has 4 rings (SSSR count). The predicted molar refractivity (Wildman–Crippen MR) is 86.6 cm³/mol. The Morgan fingerprint density at radius 1 is 1.31 bits per heavy atom. The van der Waals surface area contributed by atoms with Crippen LogP contribution in [0.4, 0.5) is 4.39 Å². The first-order chi connectivity index (χ1) is 12.4. The molecule has 1 fully saturated rings. The Balaban J connectivity index is 1.52. The van der Waals surface area contributed by atoms with Crippen molar-refractivity contribution in [2.24, 2.45) is 0 Å². The molecule has 1 aliphatic heterocycles. The quantitative estimate of drug-likeness (QED) is 0.714. The van der Waals surface area contributed by atoms with E-state index < -0.39 is 27.7 Å².